The molecule has 8 nitrogen and oxygen atoms in total. The summed E-state index contributed by atoms with van der Waals surface area (Å²) >= 11 is 1.54. The molecule has 2 aliphatic rings. The van der Waals surface area contributed by atoms with Gasteiger partial charge in [-0.1, -0.05) is 49.9 Å². The summed E-state index contributed by atoms with van der Waals surface area (Å²) < 4.78 is 13.8. The zero-order valence-corrected chi connectivity index (χ0v) is 19.3. The van der Waals surface area contributed by atoms with Crippen LogP contribution in [0.25, 0.3) is 0 Å². The Morgan fingerprint density at radius 3 is 2.77 bits per heavy atom. The second-order valence-electron chi connectivity index (χ2n) is 9.00. The topological polar surface area (TPSA) is 93.8 Å². The van der Waals surface area contributed by atoms with Gasteiger partial charge in [0.15, 0.2) is 5.17 Å². The molecule has 4 rings (SSSR count). The number of thioether (sulfide) groups is 1. The molecule has 3 heterocycles. The molecule has 2 aliphatic heterocycles. The molecule has 1 aromatic carbocycles. The Morgan fingerprint density at radius 1 is 1.29 bits per heavy atom. The van der Waals surface area contributed by atoms with Crippen LogP contribution in [0.2, 0.25) is 0 Å². The van der Waals surface area contributed by atoms with Crippen molar-refractivity contribution in [3.8, 4) is 5.75 Å². The second-order valence-corrected chi connectivity index (χ2v) is 10.1. The number of hydrogen-bond acceptors (Lipinski definition) is 8. The van der Waals surface area contributed by atoms with E-state index >= 15 is 0 Å². The van der Waals surface area contributed by atoms with Crippen molar-refractivity contribution in [3.63, 3.8) is 0 Å². The highest BCUT2D eigenvalue weighted by Crippen LogP contribution is 2.36. The molecule has 0 amide bonds. The van der Waals surface area contributed by atoms with E-state index in [9.17, 15) is 5.11 Å². The Hall–Kier alpha value is -2.10. The first kappa shape index (κ1) is 22.1. The predicted molar refractivity (Wildman–Crippen MR) is 121 cm³/mol. The van der Waals surface area contributed by atoms with E-state index < -0.39 is 6.10 Å². The van der Waals surface area contributed by atoms with Gasteiger partial charge in [-0.25, -0.2) is 4.68 Å². The average Bonchev–Trinajstić information content (AvgIpc) is 3.33. The Morgan fingerprint density at radius 2 is 2.06 bits per heavy atom. The summed E-state index contributed by atoms with van der Waals surface area (Å²) in [4.78, 5) is 4.54. The van der Waals surface area contributed by atoms with Crippen LogP contribution in [0.4, 0.5) is 0 Å². The van der Waals surface area contributed by atoms with Gasteiger partial charge in [0.25, 0.3) is 0 Å². The molecule has 0 bridgehead atoms. The van der Waals surface area contributed by atoms with Gasteiger partial charge in [0, 0.05) is 13.0 Å². The Balaban J connectivity index is 1.29. The van der Waals surface area contributed by atoms with E-state index in [1.807, 2.05) is 25.3 Å². The third-order valence-electron chi connectivity index (χ3n) is 5.41. The van der Waals surface area contributed by atoms with Gasteiger partial charge in [-0.15, -0.1) is 5.10 Å². The molecule has 168 valence electrons. The van der Waals surface area contributed by atoms with Gasteiger partial charge >= 0.3 is 0 Å². The van der Waals surface area contributed by atoms with Crippen molar-refractivity contribution in [3.05, 3.63) is 41.7 Å². The van der Waals surface area contributed by atoms with E-state index in [-0.39, 0.29) is 23.0 Å². The highest BCUT2D eigenvalue weighted by molar-refractivity contribution is 8.14. The van der Waals surface area contributed by atoms with Crippen LogP contribution < -0.4 is 10.1 Å². The number of hydrogen-bond donors (Lipinski definition) is 2. The molecule has 1 fully saturated rings. The van der Waals surface area contributed by atoms with Crippen LogP contribution in [-0.4, -0.2) is 55.5 Å². The Kier molecular flexibility index (Phi) is 6.55. The van der Waals surface area contributed by atoms with Crippen molar-refractivity contribution >= 4 is 16.9 Å². The maximum Gasteiger partial charge on any atom is 0.159 e. The third kappa shape index (κ3) is 5.39. The van der Waals surface area contributed by atoms with E-state index in [1.165, 1.54) is 5.56 Å². The molecule has 0 aliphatic carbocycles. The molecule has 2 aromatic rings. The number of aliphatic hydroxyl groups excluding tert-OH is 1. The van der Waals surface area contributed by atoms with Crippen molar-refractivity contribution in [2.75, 3.05) is 6.54 Å². The first-order valence-corrected chi connectivity index (χ1v) is 11.6. The lowest BCUT2D eigenvalue weighted by atomic mass is 9.87. The molecule has 0 unspecified atom stereocenters. The van der Waals surface area contributed by atoms with Crippen LogP contribution in [0.3, 0.4) is 0 Å². The number of nitrogens with one attached hydrogen (secondary N) is 1. The maximum atomic E-state index is 10.5. The van der Waals surface area contributed by atoms with Crippen LogP contribution in [0.15, 0.2) is 35.5 Å². The minimum atomic E-state index is -0.519. The van der Waals surface area contributed by atoms with Crippen molar-refractivity contribution in [2.24, 2.45) is 4.99 Å². The third-order valence-corrected chi connectivity index (χ3v) is 6.51. The molecule has 0 spiro atoms. The lowest BCUT2D eigenvalue weighted by molar-refractivity contribution is -0.0766. The zero-order chi connectivity index (χ0) is 22.0. The summed E-state index contributed by atoms with van der Waals surface area (Å²) in [6, 6.07) is 7.96. The molecular formula is C22H31N5O3S. The van der Waals surface area contributed by atoms with Gasteiger partial charge in [0.05, 0.1) is 24.9 Å². The van der Waals surface area contributed by atoms with Crippen molar-refractivity contribution in [1.29, 1.82) is 0 Å². The van der Waals surface area contributed by atoms with Crippen LogP contribution >= 0.6 is 11.8 Å². The maximum absolute atomic E-state index is 10.5. The Labute approximate surface area is 187 Å². The van der Waals surface area contributed by atoms with Crippen molar-refractivity contribution in [2.45, 2.75) is 76.4 Å². The average molecular weight is 446 g/mol. The summed E-state index contributed by atoms with van der Waals surface area (Å²) in [5.74, 6) is 0.807. The number of aromatic nitrogens is 3. The summed E-state index contributed by atoms with van der Waals surface area (Å²) in [5, 5.41) is 23.0. The number of rotatable bonds is 6. The summed E-state index contributed by atoms with van der Waals surface area (Å²) in [6.07, 6.45) is 1.74. The SMILES string of the molecule is CCNC1=N[C@H]2[C@H](O[C@H](Cn3cc(COc4ccc(C(C)(C)C)cc4)nn3)C[C@@H]2O)S1. The fourth-order valence-corrected chi connectivity index (χ4v) is 4.93. The van der Waals surface area contributed by atoms with Crippen LogP contribution in [0, 0.1) is 0 Å². The minimum Gasteiger partial charge on any atom is -0.487 e. The number of ether oxygens (including phenoxy) is 2. The van der Waals surface area contributed by atoms with Crippen LogP contribution in [0.1, 0.15) is 45.4 Å². The zero-order valence-electron chi connectivity index (χ0n) is 18.5. The summed E-state index contributed by atoms with van der Waals surface area (Å²) in [7, 11) is 0. The molecular weight excluding hydrogens is 414 g/mol. The summed E-state index contributed by atoms with van der Waals surface area (Å²) in [6.45, 7) is 10.3. The number of amidine groups is 1. The van der Waals surface area contributed by atoms with Gasteiger partial charge < -0.3 is 19.9 Å². The highest BCUT2D eigenvalue weighted by Gasteiger charge is 2.43. The lowest BCUT2D eigenvalue weighted by Crippen LogP contribution is -2.45. The van der Waals surface area contributed by atoms with Crippen molar-refractivity contribution < 1.29 is 14.6 Å². The minimum absolute atomic E-state index is 0.118. The van der Waals surface area contributed by atoms with E-state index in [1.54, 1.807) is 16.4 Å². The smallest absolute Gasteiger partial charge is 0.159 e. The molecule has 1 saturated heterocycles. The monoisotopic (exact) mass is 445 g/mol. The first-order chi connectivity index (χ1) is 14.8. The van der Waals surface area contributed by atoms with Gasteiger partial charge in [-0.3, -0.25) is 4.99 Å². The predicted octanol–water partition coefficient (Wildman–Crippen LogP) is 2.71. The van der Waals surface area contributed by atoms with E-state index in [4.69, 9.17) is 9.47 Å². The lowest BCUT2D eigenvalue weighted by Gasteiger charge is -2.33. The molecule has 2 N–H and O–H groups in total. The number of aliphatic hydroxyl groups is 1. The number of benzene rings is 1. The van der Waals surface area contributed by atoms with Gasteiger partial charge in [-0.2, -0.15) is 0 Å². The van der Waals surface area contributed by atoms with Crippen LogP contribution in [-0.2, 0) is 23.3 Å². The van der Waals surface area contributed by atoms with Gasteiger partial charge in [0.1, 0.15) is 29.5 Å². The first-order valence-electron chi connectivity index (χ1n) is 10.8. The van der Waals surface area contributed by atoms with E-state index in [0.29, 0.717) is 19.6 Å². The molecule has 31 heavy (non-hydrogen) atoms. The standard InChI is InChI=1S/C22H31N5O3S/c1-5-23-21-24-19-18(28)10-17(30-20(19)31-21)12-27-11-15(25-26-27)13-29-16-8-6-14(7-9-16)22(2,3)4/h6-9,11,17-20,28H,5,10,12-13H2,1-4H3,(H,23,24)/t17-,18-,19+,20+/m0/s1. The molecule has 0 radical (unpaired) electrons. The molecule has 0 saturated carbocycles. The molecule has 1 aromatic heterocycles. The summed E-state index contributed by atoms with van der Waals surface area (Å²) in [5.41, 5.74) is 1.98. The van der Waals surface area contributed by atoms with Gasteiger partial charge in [-0.05, 0) is 30.0 Å². The Bertz CT molecular complexity index is 909. The highest BCUT2D eigenvalue weighted by atomic mass is 32.2. The second kappa shape index (κ2) is 9.18. The molecule has 4 atom stereocenters. The quantitative estimate of drug-likeness (QED) is 0.706. The number of nitrogens with zero attached hydrogens (tertiary/aromatic N) is 4. The van der Waals surface area contributed by atoms with Crippen LogP contribution in [0.5, 0.6) is 5.75 Å². The van der Waals surface area contributed by atoms with Crippen molar-refractivity contribution in [1.82, 2.24) is 20.3 Å². The largest absolute Gasteiger partial charge is 0.487 e. The fraction of sp³-hybridized carbons (Fsp3) is 0.591. The van der Waals surface area contributed by atoms with E-state index in [2.05, 4.69) is 53.5 Å². The van der Waals surface area contributed by atoms with E-state index in [0.717, 1.165) is 23.2 Å². The molecule has 9 heteroatoms. The fourth-order valence-electron chi connectivity index (χ4n) is 3.70. The number of aliphatic imine (C=N–C) groups is 1. The van der Waals surface area contributed by atoms with Gasteiger partial charge in [0.2, 0.25) is 0 Å². The number of fused-ring (bicyclic) bond motifs is 1. The normalized spacial score (nSPS) is 25.8.